The Kier molecular flexibility index (Phi) is 6.32. The number of halogens is 1. The number of carbonyl (C=O) groups excluding carboxylic acids is 1. The molecule has 2 heterocycles. The number of aromatic nitrogens is 3. The van der Waals surface area contributed by atoms with E-state index in [9.17, 15) is 21.6 Å². The summed E-state index contributed by atoms with van der Waals surface area (Å²) in [5.74, 6) is -0.252. The summed E-state index contributed by atoms with van der Waals surface area (Å²) < 4.78 is 51.5. The van der Waals surface area contributed by atoms with Gasteiger partial charge in [0.15, 0.2) is 4.60 Å². The van der Waals surface area contributed by atoms with Crippen LogP contribution in [0.15, 0.2) is 16.7 Å². The maximum absolute atomic E-state index is 13.0. The van der Waals surface area contributed by atoms with Crippen LogP contribution in [0.1, 0.15) is 36.2 Å². The molecular formula is C16H21BrN4O6S2. The van der Waals surface area contributed by atoms with Crippen molar-refractivity contribution in [2.45, 2.75) is 31.7 Å². The quantitative estimate of drug-likeness (QED) is 0.366. The molecule has 10 nitrogen and oxygen atoms in total. The molecule has 0 bridgehead atoms. The molecule has 0 unspecified atom stereocenters. The molecule has 13 heteroatoms. The van der Waals surface area contributed by atoms with Crippen molar-refractivity contribution in [3.8, 4) is 0 Å². The predicted molar refractivity (Wildman–Crippen MR) is 110 cm³/mol. The van der Waals surface area contributed by atoms with Gasteiger partial charge >= 0.3 is 0 Å². The minimum absolute atomic E-state index is 0.0767. The minimum Gasteiger partial charge on any atom is -0.334 e. The molecule has 0 aliphatic heterocycles. The van der Waals surface area contributed by atoms with E-state index < -0.39 is 20.1 Å². The normalized spacial score (nSPS) is 15.0. The highest BCUT2D eigenvalue weighted by Gasteiger charge is 2.33. The van der Waals surface area contributed by atoms with Gasteiger partial charge in [-0.2, -0.15) is 12.5 Å². The Balaban J connectivity index is 1.75. The zero-order chi connectivity index (χ0) is 21.4. The molecule has 0 spiro atoms. The molecule has 0 aromatic carbocycles. The van der Waals surface area contributed by atoms with Gasteiger partial charge in [0.05, 0.1) is 19.1 Å². The van der Waals surface area contributed by atoms with Crippen LogP contribution < -0.4 is 0 Å². The van der Waals surface area contributed by atoms with Crippen molar-refractivity contribution in [1.29, 1.82) is 0 Å². The molecule has 160 valence electrons. The van der Waals surface area contributed by atoms with Gasteiger partial charge < -0.3 is 4.90 Å². The Morgan fingerprint density at radius 2 is 1.93 bits per heavy atom. The lowest BCUT2D eigenvalue weighted by molar-refractivity contribution is 0.0732. The summed E-state index contributed by atoms with van der Waals surface area (Å²) in [5, 5.41) is 3.94. The molecule has 1 amide bonds. The second-order valence-electron chi connectivity index (χ2n) is 6.92. The van der Waals surface area contributed by atoms with Crippen LogP contribution in [0.3, 0.4) is 0 Å². The maximum atomic E-state index is 13.0. The number of hydrogen-bond acceptors (Lipinski definition) is 8. The van der Waals surface area contributed by atoms with E-state index in [-0.39, 0.29) is 34.4 Å². The minimum atomic E-state index is -3.60. The first-order valence-corrected chi connectivity index (χ1v) is 13.3. The predicted octanol–water partition coefficient (Wildman–Crippen LogP) is 1.36. The lowest BCUT2D eigenvalue weighted by Gasteiger charge is -2.22. The first-order valence-electron chi connectivity index (χ1n) is 8.88. The van der Waals surface area contributed by atoms with E-state index in [1.54, 1.807) is 4.90 Å². The average Bonchev–Trinajstić information content (AvgIpc) is 3.39. The van der Waals surface area contributed by atoms with Gasteiger partial charge in [0.2, 0.25) is 0 Å². The molecule has 3 rings (SSSR count). The Labute approximate surface area is 177 Å². The van der Waals surface area contributed by atoms with Crippen LogP contribution in [-0.4, -0.2) is 73.5 Å². The third-order valence-electron chi connectivity index (χ3n) is 4.33. The smallest absolute Gasteiger partial charge is 0.272 e. The molecule has 1 fully saturated rings. The summed E-state index contributed by atoms with van der Waals surface area (Å²) in [6.07, 6.45) is 4.94. The number of unbranched alkanes of at least 4 members (excludes halogenated alkanes) is 1. The summed E-state index contributed by atoms with van der Waals surface area (Å²) in [6.45, 7) is 0.535. The summed E-state index contributed by atoms with van der Waals surface area (Å²) in [4.78, 5) is 19.0. The van der Waals surface area contributed by atoms with E-state index in [1.807, 2.05) is 0 Å². The lowest BCUT2D eigenvalue weighted by Crippen LogP contribution is -2.34. The van der Waals surface area contributed by atoms with Gasteiger partial charge in [0.1, 0.15) is 16.7 Å². The van der Waals surface area contributed by atoms with E-state index in [1.165, 1.54) is 12.1 Å². The van der Waals surface area contributed by atoms with Crippen molar-refractivity contribution in [3.05, 3.63) is 22.4 Å². The molecule has 1 saturated carbocycles. The highest BCUT2D eigenvalue weighted by molar-refractivity contribution is 9.10. The van der Waals surface area contributed by atoms with Crippen molar-refractivity contribution in [1.82, 2.24) is 19.1 Å². The molecule has 0 radical (unpaired) electrons. The Morgan fingerprint density at radius 3 is 2.52 bits per heavy atom. The molecule has 0 atom stereocenters. The van der Waals surface area contributed by atoms with Crippen LogP contribution in [-0.2, 0) is 24.3 Å². The van der Waals surface area contributed by atoms with Gasteiger partial charge in [-0.25, -0.2) is 13.4 Å². The van der Waals surface area contributed by atoms with Crippen LogP contribution in [0.4, 0.5) is 0 Å². The highest BCUT2D eigenvalue weighted by Crippen LogP contribution is 2.29. The van der Waals surface area contributed by atoms with Gasteiger partial charge in [-0.05, 0) is 53.7 Å². The third-order valence-corrected chi connectivity index (χ3v) is 6.36. The topological polar surface area (TPSA) is 129 Å². The molecule has 1 aliphatic rings. The average molecular weight is 509 g/mol. The first-order chi connectivity index (χ1) is 13.5. The van der Waals surface area contributed by atoms with Gasteiger partial charge in [0.25, 0.3) is 26.0 Å². The summed E-state index contributed by atoms with van der Waals surface area (Å²) >= 11 is 3.20. The second-order valence-corrected chi connectivity index (χ2v) is 11.1. The number of nitrogens with zero attached hydrogens (tertiary/aromatic N) is 4. The standard InChI is InChI=1S/C16H21BrN4O6S2/c1-28(23,24)21-13-8-7-12(18-14(13)15(17)19-21)16(22)20(11-5-6-11)9-3-4-10-27-29(2,25)26/h7-8,11H,3-6,9-10H2,1-2H3. The van der Waals surface area contributed by atoms with Gasteiger partial charge in [0, 0.05) is 12.6 Å². The van der Waals surface area contributed by atoms with Crippen LogP contribution in [0.5, 0.6) is 0 Å². The Hall–Kier alpha value is -1.57. The van der Waals surface area contributed by atoms with Crippen molar-refractivity contribution in [2.75, 3.05) is 25.7 Å². The van der Waals surface area contributed by atoms with E-state index in [2.05, 4.69) is 26.0 Å². The monoisotopic (exact) mass is 508 g/mol. The molecule has 1 aliphatic carbocycles. The third kappa shape index (κ3) is 5.53. The molecule has 29 heavy (non-hydrogen) atoms. The molecule has 2 aromatic rings. The number of carbonyl (C=O) groups is 1. The zero-order valence-corrected chi connectivity index (χ0v) is 19.1. The van der Waals surface area contributed by atoms with Gasteiger partial charge in [-0.15, -0.1) is 5.10 Å². The molecule has 0 N–H and O–H groups in total. The SMILES string of the molecule is CS(=O)(=O)OCCCCN(C(=O)c1ccc2c(n1)c(Br)nn2S(C)(=O)=O)C1CC1. The number of pyridine rings is 1. The first kappa shape index (κ1) is 22.1. The van der Waals surface area contributed by atoms with Gasteiger partial charge in [-0.3, -0.25) is 8.98 Å². The number of fused-ring (bicyclic) bond motifs is 1. The number of amides is 1. The van der Waals surface area contributed by atoms with E-state index >= 15 is 0 Å². The summed E-state index contributed by atoms with van der Waals surface area (Å²) in [7, 11) is -7.07. The summed E-state index contributed by atoms with van der Waals surface area (Å²) in [5.41, 5.74) is 0.774. The van der Waals surface area contributed by atoms with Crippen LogP contribution in [0, 0.1) is 0 Å². The number of rotatable bonds is 9. The summed E-state index contributed by atoms with van der Waals surface area (Å²) in [6, 6.07) is 3.14. The van der Waals surface area contributed by atoms with Crippen molar-refractivity contribution >= 4 is 53.0 Å². The van der Waals surface area contributed by atoms with Crippen molar-refractivity contribution < 1.29 is 25.8 Å². The fourth-order valence-electron chi connectivity index (χ4n) is 2.89. The largest absolute Gasteiger partial charge is 0.334 e. The molecule has 0 saturated heterocycles. The Bertz CT molecular complexity index is 1140. The molecular weight excluding hydrogens is 488 g/mol. The van der Waals surface area contributed by atoms with Crippen LogP contribution >= 0.6 is 15.9 Å². The Morgan fingerprint density at radius 1 is 1.24 bits per heavy atom. The van der Waals surface area contributed by atoms with E-state index in [4.69, 9.17) is 4.18 Å². The highest BCUT2D eigenvalue weighted by atomic mass is 79.9. The van der Waals surface area contributed by atoms with Crippen LogP contribution in [0.25, 0.3) is 11.0 Å². The molecule has 2 aromatic heterocycles. The van der Waals surface area contributed by atoms with Crippen LogP contribution in [0.2, 0.25) is 0 Å². The van der Waals surface area contributed by atoms with Crippen molar-refractivity contribution in [2.24, 2.45) is 0 Å². The fraction of sp³-hybridized carbons (Fsp3) is 0.562. The van der Waals surface area contributed by atoms with E-state index in [0.717, 1.165) is 29.4 Å². The van der Waals surface area contributed by atoms with E-state index in [0.29, 0.717) is 24.9 Å². The zero-order valence-electron chi connectivity index (χ0n) is 15.9. The second kappa shape index (κ2) is 8.28. The number of hydrogen-bond donors (Lipinski definition) is 0. The van der Waals surface area contributed by atoms with Crippen molar-refractivity contribution in [3.63, 3.8) is 0 Å². The fourth-order valence-corrected chi connectivity index (χ4v) is 4.60. The lowest BCUT2D eigenvalue weighted by atomic mass is 10.2. The maximum Gasteiger partial charge on any atom is 0.272 e. The van der Waals surface area contributed by atoms with Gasteiger partial charge in [-0.1, -0.05) is 0 Å².